The van der Waals surface area contributed by atoms with Crippen molar-refractivity contribution < 1.29 is 4.74 Å². The van der Waals surface area contributed by atoms with Crippen LogP contribution in [0.1, 0.15) is 19.3 Å². The summed E-state index contributed by atoms with van der Waals surface area (Å²) < 4.78 is 6.65. The molecule has 0 amide bonds. The molecular formula is C10H11ClIN3O. The van der Waals surface area contributed by atoms with E-state index < -0.39 is 0 Å². The third-order valence-electron chi connectivity index (χ3n) is 3.26. The van der Waals surface area contributed by atoms with Crippen molar-refractivity contribution in [2.45, 2.75) is 30.9 Å². The molecule has 1 N–H and O–H groups in total. The molecule has 86 valence electrons. The molecule has 3 rings (SSSR count). The van der Waals surface area contributed by atoms with Crippen molar-refractivity contribution in [3.63, 3.8) is 0 Å². The zero-order valence-corrected chi connectivity index (χ0v) is 11.5. The van der Waals surface area contributed by atoms with Gasteiger partial charge in [0.25, 0.3) is 0 Å². The second kappa shape index (κ2) is 3.96. The van der Waals surface area contributed by atoms with E-state index in [1.165, 1.54) is 0 Å². The normalized spacial score (nSPS) is 32.0. The predicted octanol–water partition coefficient (Wildman–Crippen LogP) is 2.47. The van der Waals surface area contributed by atoms with Gasteiger partial charge in [0.2, 0.25) is 5.28 Å². The van der Waals surface area contributed by atoms with Gasteiger partial charge in [-0.25, -0.2) is 4.98 Å². The molecule has 1 saturated heterocycles. The fourth-order valence-corrected chi connectivity index (χ4v) is 2.99. The number of hydrogen-bond donors (Lipinski definition) is 1. The Bertz CT molecular complexity index is 421. The van der Waals surface area contributed by atoms with E-state index in [1.54, 1.807) is 6.20 Å². The van der Waals surface area contributed by atoms with Gasteiger partial charge in [-0.3, -0.25) is 0 Å². The summed E-state index contributed by atoms with van der Waals surface area (Å²) in [6.07, 6.45) is 5.53. The third kappa shape index (κ3) is 1.89. The molecule has 6 heteroatoms. The van der Waals surface area contributed by atoms with Crippen LogP contribution in [-0.2, 0) is 4.74 Å². The highest BCUT2D eigenvalue weighted by Crippen LogP contribution is 2.41. The standard InChI is InChI=1S/C10H11ClIN3O/c11-9-13-4-7(12)8(14-9)15-10-2-1-6(3-10)16-5-10/h4,6H,1-3,5H2,(H,13,14,15). The maximum Gasteiger partial charge on any atom is 0.224 e. The van der Waals surface area contributed by atoms with E-state index in [9.17, 15) is 0 Å². The summed E-state index contributed by atoms with van der Waals surface area (Å²) in [7, 11) is 0. The molecular weight excluding hydrogens is 340 g/mol. The van der Waals surface area contributed by atoms with E-state index in [1.807, 2.05) is 0 Å². The van der Waals surface area contributed by atoms with Gasteiger partial charge in [-0.15, -0.1) is 0 Å². The van der Waals surface area contributed by atoms with Crippen LogP contribution < -0.4 is 5.32 Å². The highest BCUT2D eigenvalue weighted by Gasteiger charge is 2.46. The second-order valence-corrected chi connectivity index (χ2v) is 5.92. The molecule has 16 heavy (non-hydrogen) atoms. The molecule has 0 aromatic carbocycles. The first-order chi connectivity index (χ1) is 7.67. The van der Waals surface area contributed by atoms with E-state index in [-0.39, 0.29) is 10.8 Å². The third-order valence-corrected chi connectivity index (χ3v) is 4.23. The van der Waals surface area contributed by atoms with Crippen molar-refractivity contribution in [2.24, 2.45) is 0 Å². The molecule has 2 aliphatic rings. The Morgan fingerprint density at radius 2 is 2.50 bits per heavy atom. The molecule has 1 saturated carbocycles. The van der Waals surface area contributed by atoms with Gasteiger partial charge in [-0.05, 0) is 53.5 Å². The summed E-state index contributed by atoms with van der Waals surface area (Å²) in [6.45, 7) is 0.773. The lowest BCUT2D eigenvalue weighted by Gasteiger charge is -2.27. The second-order valence-electron chi connectivity index (χ2n) is 4.42. The lowest BCUT2D eigenvalue weighted by molar-refractivity contribution is 0.0745. The van der Waals surface area contributed by atoms with Crippen LogP contribution in [0.2, 0.25) is 5.28 Å². The molecule has 4 nitrogen and oxygen atoms in total. The first-order valence-electron chi connectivity index (χ1n) is 5.25. The van der Waals surface area contributed by atoms with Crippen LogP contribution in [0.3, 0.4) is 0 Å². The Morgan fingerprint density at radius 3 is 3.12 bits per heavy atom. The molecule has 1 aliphatic carbocycles. The SMILES string of the molecule is Clc1ncc(I)c(NC23CCC(C2)OC3)n1. The van der Waals surface area contributed by atoms with Gasteiger partial charge in [0.15, 0.2) is 0 Å². The van der Waals surface area contributed by atoms with Crippen molar-refractivity contribution in [3.8, 4) is 0 Å². The van der Waals surface area contributed by atoms with Crippen LogP contribution in [0.4, 0.5) is 5.82 Å². The number of halogens is 2. The van der Waals surface area contributed by atoms with Crippen LogP contribution >= 0.6 is 34.2 Å². The molecule has 2 unspecified atom stereocenters. The number of nitrogens with zero attached hydrogens (tertiary/aromatic N) is 2. The average Bonchev–Trinajstić information content (AvgIpc) is 2.83. The first-order valence-corrected chi connectivity index (χ1v) is 6.70. The Hall–Kier alpha value is -0.140. The fourth-order valence-electron chi connectivity index (χ4n) is 2.46. The van der Waals surface area contributed by atoms with Crippen molar-refractivity contribution in [1.82, 2.24) is 9.97 Å². The van der Waals surface area contributed by atoms with Crippen LogP contribution in [0, 0.1) is 3.57 Å². The maximum absolute atomic E-state index is 5.80. The molecule has 1 aromatic rings. The minimum atomic E-state index is 0.0717. The highest BCUT2D eigenvalue weighted by atomic mass is 127. The van der Waals surface area contributed by atoms with Gasteiger partial charge in [0.1, 0.15) is 5.82 Å². The maximum atomic E-state index is 5.80. The van der Waals surface area contributed by atoms with Crippen molar-refractivity contribution in [1.29, 1.82) is 0 Å². The van der Waals surface area contributed by atoms with Crippen molar-refractivity contribution in [3.05, 3.63) is 15.1 Å². The summed E-state index contributed by atoms with van der Waals surface area (Å²) in [6, 6.07) is 0. The topological polar surface area (TPSA) is 47.0 Å². The minimum absolute atomic E-state index is 0.0717. The summed E-state index contributed by atoms with van der Waals surface area (Å²) in [4.78, 5) is 8.18. The molecule has 0 radical (unpaired) electrons. The van der Waals surface area contributed by atoms with E-state index in [0.29, 0.717) is 6.10 Å². The highest BCUT2D eigenvalue weighted by molar-refractivity contribution is 14.1. The van der Waals surface area contributed by atoms with Gasteiger partial charge < -0.3 is 10.1 Å². The zero-order chi connectivity index (χ0) is 11.2. The summed E-state index contributed by atoms with van der Waals surface area (Å²) >= 11 is 8.02. The van der Waals surface area contributed by atoms with E-state index >= 15 is 0 Å². The molecule has 2 atom stereocenters. The Balaban J connectivity index is 1.86. The number of rotatable bonds is 2. The fraction of sp³-hybridized carbons (Fsp3) is 0.600. The van der Waals surface area contributed by atoms with E-state index in [2.05, 4.69) is 37.9 Å². The number of hydrogen-bond acceptors (Lipinski definition) is 4. The molecule has 2 bridgehead atoms. The number of aromatic nitrogens is 2. The Kier molecular flexibility index (Phi) is 2.72. The number of fused-ring (bicyclic) bond motifs is 2. The van der Waals surface area contributed by atoms with Gasteiger partial charge in [0.05, 0.1) is 21.8 Å². The van der Waals surface area contributed by atoms with E-state index in [0.717, 1.165) is 35.3 Å². The van der Waals surface area contributed by atoms with Crippen LogP contribution in [0.25, 0.3) is 0 Å². The minimum Gasteiger partial charge on any atom is -0.376 e. The molecule has 1 aromatic heterocycles. The van der Waals surface area contributed by atoms with Crippen LogP contribution in [0.5, 0.6) is 0 Å². The van der Waals surface area contributed by atoms with Gasteiger partial charge in [-0.2, -0.15) is 4.98 Å². The molecule has 0 spiro atoms. The molecule has 2 heterocycles. The van der Waals surface area contributed by atoms with Crippen molar-refractivity contribution >= 4 is 40.0 Å². The predicted molar refractivity (Wildman–Crippen MR) is 69.7 cm³/mol. The van der Waals surface area contributed by atoms with Gasteiger partial charge in [-0.1, -0.05) is 0 Å². The summed E-state index contributed by atoms with van der Waals surface area (Å²) in [5, 5.41) is 3.77. The zero-order valence-electron chi connectivity index (χ0n) is 8.54. The van der Waals surface area contributed by atoms with Gasteiger partial charge >= 0.3 is 0 Å². The van der Waals surface area contributed by atoms with Crippen LogP contribution in [-0.4, -0.2) is 28.2 Å². The number of anilines is 1. The average molecular weight is 352 g/mol. The number of ether oxygens (including phenoxy) is 1. The van der Waals surface area contributed by atoms with Crippen molar-refractivity contribution in [2.75, 3.05) is 11.9 Å². The lowest BCUT2D eigenvalue weighted by atomic mass is 10.0. The Morgan fingerprint density at radius 1 is 1.62 bits per heavy atom. The smallest absolute Gasteiger partial charge is 0.224 e. The quantitative estimate of drug-likeness (QED) is 0.657. The first kappa shape index (κ1) is 11.0. The largest absolute Gasteiger partial charge is 0.376 e. The summed E-state index contributed by atoms with van der Waals surface area (Å²) in [5.41, 5.74) is 0.0717. The monoisotopic (exact) mass is 351 g/mol. The lowest BCUT2D eigenvalue weighted by Crippen LogP contribution is -2.38. The molecule has 1 aliphatic heterocycles. The molecule has 2 fully saturated rings. The summed E-state index contributed by atoms with van der Waals surface area (Å²) in [5.74, 6) is 0.826. The Labute approximate surface area is 112 Å². The van der Waals surface area contributed by atoms with E-state index in [4.69, 9.17) is 16.3 Å². The number of nitrogens with one attached hydrogen (secondary N) is 1. The van der Waals surface area contributed by atoms with Crippen LogP contribution in [0.15, 0.2) is 6.20 Å². The van der Waals surface area contributed by atoms with Gasteiger partial charge in [0, 0.05) is 6.20 Å².